The van der Waals surface area contributed by atoms with Crippen LogP contribution in [0.3, 0.4) is 0 Å². The van der Waals surface area contributed by atoms with Crippen molar-refractivity contribution in [2.45, 2.75) is 0 Å². The van der Waals surface area contributed by atoms with Crippen LogP contribution >= 0.6 is 11.3 Å². The van der Waals surface area contributed by atoms with Gasteiger partial charge in [-0.15, -0.1) is 11.3 Å². The molecule has 0 N–H and O–H groups in total. The molecule has 234 valence electrons. The zero-order valence-electron chi connectivity index (χ0n) is 26.7. The number of nitrogens with zero attached hydrogens (tertiary/aromatic N) is 3. The molecule has 0 fully saturated rings. The summed E-state index contributed by atoms with van der Waals surface area (Å²) in [5.74, 6) is 1.98. The molecule has 5 heteroatoms. The molecular formula is C45H27N3OS. The van der Waals surface area contributed by atoms with E-state index in [1.54, 1.807) is 11.3 Å². The van der Waals surface area contributed by atoms with Gasteiger partial charge in [0.2, 0.25) is 0 Å². The van der Waals surface area contributed by atoms with Crippen LogP contribution in [-0.4, -0.2) is 15.0 Å². The molecule has 0 saturated heterocycles. The van der Waals surface area contributed by atoms with Crippen molar-refractivity contribution in [1.82, 2.24) is 15.0 Å². The lowest BCUT2D eigenvalue weighted by Gasteiger charge is -2.09. The molecule has 10 aromatic rings. The van der Waals surface area contributed by atoms with Crippen LogP contribution in [-0.2, 0) is 0 Å². The highest BCUT2D eigenvalue weighted by Crippen LogP contribution is 2.44. The van der Waals surface area contributed by atoms with Crippen LogP contribution in [0, 0.1) is 0 Å². The zero-order valence-corrected chi connectivity index (χ0v) is 27.6. The molecule has 0 amide bonds. The minimum atomic E-state index is 0.658. The van der Waals surface area contributed by atoms with E-state index in [0.717, 1.165) is 60.9 Å². The second-order valence-electron chi connectivity index (χ2n) is 12.4. The largest absolute Gasteiger partial charge is 0.455 e. The SMILES string of the molecule is c1ccc(-c2nc(-c3ccccc3)nc(-c3ccc4c(c3)sc3cc(-c5ccc(-c6ccccc6)c6oc7ccccc7c56)ccc34)n2)cc1. The summed E-state index contributed by atoms with van der Waals surface area (Å²) < 4.78 is 8.97. The van der Waals surface area contributed by atoms with Gasteiger partial charge in [-0.3, -0.25) is 0 Å². The molecule has 3 aromatic heterocycles. The highest BCUT2D eigenvalue weighted by Gasteiger charge is 2.18. The van der Waals surface area contributed by atoms with Gasteiger partial charge in [-0.2, -0.15) is 0 Å². The number of hydrogen-bond acceptors (Lipinski definition) is 5. The van der Waals surface area contributed by atoms with Crippen molar-refractivity contribution in [2.75, 3.05) is 0 Å². The number of benzene rings is 7. The van der Waals surface area contributed by atoms with Crippen molar-refractivity contribution in [3.05, 3.63) is 164 Å². The van der Waals surface area contributed by atoms with Crippen LogP contribution in [0.4, 0.5) is 0 Å². The van der Waals surface area contributed by atoms with Gasteiger partial charge in [-0.1, -0.05) is 140 Å². The van der Waals surface area contributed by atoms with Crippen molar-refractivity contribution in [2.24, 2.45) is 0 Å². The molecule has 4 nitrogen and oxygen atoms in total. The zero-order chi connectivity index (χ0) is 33.0. The van der Waals surface area contributed by atoms with Gasteiger partial charge in [0.05, 0.1) is 0 Å². The molecule has 0 saturated carbocycles. The van der Waals surface area contributed by atoms with Gasteiger partial charge >= 0.3 is 0 Å². The molecule has 50 heavy (non-hydrogen) atoms. The van der Waals surface area contributed by atoms with Crippen LogP contribution in [0.2, 0.25) is 0 Å². The van der Waals surface area contributed by atoms with Crippen LogP contribution < -0.4 is 0 Å². The Bertz CT molecular complexity index is 2800. The van der Waals surface area contributed by atoms with Crippen LogP contribution in [0.25, 0.3) is 98.5 Å². The smallest absolute Gasteiger partial charge is 0.164 e. The number of rotatable bonds is 5. The fraction of sp³-hybridized carbons (Fsp3) is 0. The predicted molar refractivity (Wildman–Crippen MR) is 207 cm³/mol. The summed E-state index contributed by atoms with van der Waals surface area (Å²) in [5.41, 5.74) is 9.26. The van der Waals surface area contributed by atoms with E-state index in [0.29, 0.717) is 17.5 Å². The monoisotopic (exact) mass is 657 g/mol. The van der Waals surface area contributed by atoms with Crippen molar-refractivity contribution < 1.29 is 4.42 Å². The minimum absolute atomic E-state index is 0.658. The second-order valence-corrected chi connectivity index (χ2v) is 13.5. The predicted octanol–water partition coefficient (Wildman–Crippen LogP) is 12.5. The molecule has 0 aliphatic carbocycles. The summed E-state index contributed by atoms with van der Waals surface area (Å²) in [6.45, 7) is 0. The van der Waals surface area contributed by atoms with Crippen LogP contribution in [0.15, 0.2) is 168 Å². The number of furan rings is 1. The Morgan fingerprint density at radius 3 is 1.52 bits per heavy atom. The van der Waals surface area contributed by atoms with Gasteiger partial charge in [0, 0.05) is 53.2 Å². The van der Waals surface area contributed by atoms with Gasteiger partial charge in [0.25, 0.3) is 0 Å². The summed E-state index contributed by atoms with van der Waals surface area (Å²) in [6.07, 6.45) is 0. The molecule has 0 atom stereocenters. The molecule has 0 radical (unpaired) electrons. The lowest BCUT2D eigenvalue weighted by molar-refractivity contribution is 0.670. The quantitative estimate of drug-likeness (QED) is 0.185. The summed E-state index contributed by atoms with van der Waals surface area (Å²) in [7, 11) is 0. The summed E-state index contributed by atoms with van der Waals surface area (Å²) in [4.78, 5) is 14.8. The van der Waals surface area contributed by atoms with Crippen LogP contribution in [0.5, 0.6) is 0 Å². The lowest BCUT2D eigenvalue weighted by Crippen LogP contribution is -1.99. The fourth-order valence-electron chi connectivity index (χ4n) is 6.94. The molecule has 10 rings (SSSR count). The first-order chi connectivity index (χ1) is 24.8. The maximum Gasteiger partial charge on any atom is 0.164 e. The third kappa shape index (κ3) is 4.79. The number of thiophene rings is 1. The fourth-order valence-corrected chi connectivity index (χ4v) is 8.12. The normalized spacial score (nSPS) is 11.6. The Morgan fingerprint density at radius 2 is 0.880 bits per heavy atom. The Morgan fingerprint density at radius 1 is 0.380 bits per heavy atom. The average Bonchev–Trinajstić information content (AvgIpc) is 3.76. The van der Waals surface area contributed by atoms with Crippen molar-refractivity contribution in [3.63, 3.8) is 0 Å². The summed E-state index contributed by atoms with van der Waals surface area (Å²) in [6, 6.07) is 56.8. The van der Waals surface area contributed by atoms with Gasteiger partial charge in [0.15, 0.2) is 17.5 Å². The molecule has 0 aliphatic rings. The molecule has 0 spiro atoms. The number of fused-ring (bicyclic) bond motifs is 6. The van der Waals surface area contributed by atoms with E-state index in [1.165, 1.54) is 20.2 Å². The molecule has 0 aliphatic heterocycles. The Balaban J connectivity index is 1.11. The number of aromatic nitrogens is 3. The number of hydrogen-bond donors (Lipinski definition) is 0. The molecule has 3 heterocycles. The second kappa shape index (κ2) is 11.6. The topological polar surface area (TPSA) is 51.8 Å². The van der Waals surface area contributed by atoms with E-state index in [9.17, 15) is 0 Å². The molecule has 0 unspecified atom stereocenters. The summed E-state index contributed by atoms with van der Waals surface area (Å²) in [5, 5.41) is 4.72. The standard InChI is InChI=1S/C45H27N3OS/c1-4-12-28(13-5-1)34-25-24-33(41-37-18-10-11-19-38(37)49-42(34)41)31-20-22-35-36-23-21-32(27-40(36)50-39(35)26-31)45-47-43(29-14-6-2-7-15-29)46-44(48-45)30-16-8-3-9-17-30/h1-27H. The van der Waals surface area contributed by atoms with Crippen LogP contribution in [0.1, 0.15) is 0 Å². The third-order valence-corrected chi connectivity index (χ3v) is 10.5. The Hall–Kier alpha value is -6.43. The first-order valence-corrected chi connectivity index (χ1v) is 17.4. The average molecular weight is 658 g/mol. The first kappa shape index (κ1) is 28.6. The first-order valence-electron chi connectivity index (χ1n) is 16.6. The summed E-state index contributed by atoms with van der Waals surface area (Å²) >= 11 is 1.80. The van der Waals surface area contributed by atoms with Gasteiger partial charge in [-0.25, -0.2) is 15.0 Å². The third-order valence-electron chi connectivity index (χ3n) is 9.35. The minimum Gasteiger partial charge on any atom is -0.455 e. The Labute approximate surface area is 292 Å². The highest BCUT2D eigenvalue weighted by atomic mass is 32.1. The maximum atomic E-state index is 6.55. The lowest BCUT2D eigenvalue weighted by atomic mass is 9.94. The molecule has 7 aromatic carbocycles. The van der Waals surface area contributed by atoms with E-state index >= 15 is 0 Å². The van der Waals surface area contributed by atoms with E-state index in [4.69, 9.17) is 19.4 Å². The maximum absolute atomic E-state index is 6.55. The number of para-hydroxylation sites is 1. The molecular weight excluding hydrogens is 631 g/mol. The molecule has 0 bridgehead atoms. The van der Waals surface area contributed by atoms with Gasteiger partial charge in [-0.05, 0) is 41.0 Å². The van der Waals surface area contributed by atoms with E-state index in [-0.39, 0.29) is 0 Å². The van der Waals surface area contributed by atoms with Gasteiger partial charge in [0.1, 0.15) is 11.2 Å². The van der Waals surface area contributed by atoms with Crippen molar-refractivity contribution >= 4 is 53.4 Å². The van der Waals surface area contributed by atoms with E-state index in [2.05, 4.69) is 91.0 Å². The van der Waals surface area contributed by atoms with Gasteiger partial charge < -0.3 is 4.42 Å². The Kier molecular flexibility index (Phi) is 6.64. The highest BCUT2D eigenvalue weighted by molar-refractivity contribution is 7.25. The van der Waals surface area contributed by atoms with Crippen molar-refractivity contribution in [3.8, 4) is 56.4 Å². The van der Waals surface area contributed by atoms with Crippen molar-refractivity contribution in [1.29, 1.82) is 0 Å². The van der Waals surface area contributed by atoms with E-state index < -0.39 is 0 Å². The van der Waals surface area contributed by atoms with E-state index in [1.807, 2.05) is 72.8 Å².